The lowest BCUT2D eigenvalue weighted by atomic mass is 10.3. The number of thiazole rings is 1. The van der Waals surface area contributed by atoms with Gasteiger partial charge in [0.1, 0.15) is 0 Å². The maximum Gasteiger partial charge on any atom is 0.277 e. The van der Waals surface area contributed by atoms with E-state index in [1.54, 1.807) is 22.7 Å². The summed E-state index contributed by atoms with van der Waals surface area (Å²) in [6.07, 6.45) is 2.25. The highest BCUT2D eigenvalue weighted by molar-refractivity contribution is 7.99. The fraction of sp³-hybridized carbons (Fsp3) is 0.263. The van der Waals surface area contributed by atoms with Gasteiger partial charge < -0.3 is 9.73 Å². The molecule has 3 aromatic heterocycles. The van der Waals surface area contributed by atoms with Crippen molar-refractivity contribution in [2.45, 2.75) is 24.5 Å². The summed E-state index contributed by atoms with van der Waals surface area (Å²) in [5.41, 5.74) is 1.02. The van der Waals surface area contributed by atoms with Gasteiger partial charge >= 0.3 is 0 Å². The Morgan fingerprint density at radius 1 is 1.11 bits per heavy atom. The number of aromatic nitrogens is 3. The number of thiophene rings is 1. The topological polar surface area (TPSA) is 80.9 Å². The van der Waals surface area contributed by atoms with E-state index in [9.17, 15) is 4.79 Å². The zero-order valence-corrected chi connectivity index (χ0v) is 17.4. The number of aryl methyl sites for hydroxylation is 2. The summed E-state index contributed by atoms with van der Waals surface area (Å²) in [7, 11) is 0. The Labute approximate surface area is 174 Å². The number of thioether (sulfide) groups is 1. The third kappa shape index (κ3) is 5.18. The lowest BCUT2D eigenvalue weighted by molar-refractivity contribution is -0.118. The molecule has 0 saturated carbocycles. The van der Waals surface area contributed by atoms with Crippen molar-refractivity contribution in [3.8, 4) is 0 Å². The number of hydrogen-bond acceptors (Lipinski definition) is 8. The zero-order valence-electron chi connectivity index (χ0n) is 15.0. The van der Waals surface area contributed by atoms with Crippen LogP contribution in [0.5, 0.6) is 0 Å². The largest absolute Gasteiger partial charge is 0.416 e. The van der Waals surface area contributed by atoms with Crippen LogP contribution in [0, 0.1) is 0 Å². The van der Waals surface area contributed by atoms with Gasteiger partial charge in [0.25, 0.3) is 5.22 Å². The molecule has 0 fully saturated rings. The molecule has 4 aromatic rings. The van der Waals surface area contributed by atoms with Crippen molar-refractivity contribution in [1.82, 2.24) is 20.5 Å². The Balaban J connectivity index is 1.20. The molecule has 0 aliphatic rings. The normalized spacial score (nSPS) is 11.1. The molecular formula is C19H18N4O2S3. The minimum Gasteiger partial charge on any atom is -0.416 e. The Morgan fingerprint density at radius 3 is 2.89 bits per heavy atom. The van der Waals surface area contributed by atoms with Crippen molar-refractivity contribution in [2.75, 3.05) is 12.3 Å². The van der Waals surface area contributed by atoms with Gasteiger partial charge in [-0.1, -0.05) is 30.0 Å². The minimum absolute atomic E-state index is 0.0317. The monoisotopic (exact) mass is 430 g/mol. The van der Waals surface area contributed by atoms with Crippen LogP contribution < -0.4 is 5.32 Å². The average molecular weight is 431 g/mol. The van der Waals surface area contributed by atoms with Gasteiger partial charge in [-0.25, -0.2) is 4.98 Å². The molecule has 0 radical (unpaired) electrons. The fourth-order valence-electron chi connectivity index (χ4n) is 2.60. The first-order valence-corrected chi connectivity index (χ1v) is 11.5. The first-order valence-electron chi connectivity index (χ1n) is 8.85. The Bertz CT molecular complexity index is 1010. The summed E-state index contributed by atoms with van der Waals surface area (Å²) < 4.78 is 6.82. The third-order valence-electron chi connectivity index (χ3n) is 3.94. The molecule has 3 heterocycles. The van der Waals surface area contributed by atoms with Crippen LogP contribution in [0.1, 0.15) is 15.8 Å². The van der Waals surface area contributed by atoms with Crippen molar-refractivity contribution >= 4 is 50.6 Å². The Kier molecular flexibility index (Phi) is 6.35. The number of rotatable bonds is 9. The molecule has 1 amide bonds. The van der Waals surface area contributed by atoms with E-state index in [0.29, 0.717) is 24.1 Å². The van der Waals surface area contributed by atoms with Crippen molar-refractivity contribution in [2.24, 2.45) is 0 Å². The van der Waals surface area contributed by atoms with Crippen molar-refractivity contribution in [3.05, 3.63) is 57.6 Å². The second-order valence-corrected chi connectivity index (χ2v) is 9.08. The van der Waals surface area contributed by atoms with Crippen LogP contribution in [-0.4, -0.2) is 33.4 Å². The zero-order chi connectivity index (χ0) is 19.2. The van der Waals surface area contributed by atoms with Crippen LogP contribution in [0.4, 0.5) is 0 Å². The third-order valence-corrected chi connectivity index (χ3v) is 6.79. The maximum atomic E-state index is 11.9. The first-order chi connectivity index (χ1) is 13.8. The molecule has 0 aliphatic heterocycles. The molecule has 1 N–H and O–H groups in total. The van der Waals surface area contributed by atoms with Gasteiger partial charge in [0.15, 0.2) is 0 Å². The number of nitrogens with one attached hydrogen (secondary N) is 1. The predicted molar refractivity (Wildman–Crippen MR) is 113 cm³/mol. The first kappa shape index (κ1) is 19.1. The summed E-state index contributed by atoms with van der Waals surface area (Å²) in [5, 5.41) is 14.5. The summed E-state index contributed by atoms with van der Waals surface area (Å²) in [5.74, 6) is 0.805. The SMILES string of the molecule is O=C(CSc1nnc(CCc2nc3ccccc3s2)o1)NCCc1cccs1. The number of carbonyl (C=O) groups excluding carboxylic acids is 1. The van der Waals surface area contributed by atoms with E-state index in [0.717, 1.165) is 23.4 Å². The maximum absolute atomic E-state index is 11.9. The van der Waals surface area contributed by atoms with Gasteiger partial charge in [-0.2, -0.15) is 0 Å². The summed E-state index contributed by atoms with van der Waals surface area (Å²) >= 11 is 4.64. The van der Waals surface area contributed by atoms with E-state index in [1.165, 1.54) is 21.3 Å². The van der Waals surface area contributed by atoms with Crippen molar-refractivity contribution in [3.63, 3.8) is 0 Å². The molecule has 6 nitrogen and oxygen atoms in total. The lowest BCUT2D eigenvalue weighted by Gasteiger charge is -2.02. The molecule has 9 heteroatoms. The highest BCUT2D eigenvalue weighted by atomic mass is 32.2. The van der Waals surface area contributed by atoms with Gasteiger partial charge in [-0.15, -0.1) is 32.9 Å². The molecule has 0 aliphatic carbocycles. The van der Waals surface area contributed by atoms with E-state index in [1.807, 2.05) is 29.6 Å². The number of fused-ring (bicyclic) bond motifs is 1. The number of amides is 1. The second-order valence-electron chi connectivity index (χ2n) is 6.01. The van der Waals surface area contributed by atoms with Crippen LogP contribution in [-0.2, 0) is 24.1 Å². The molecule has 0 spiro atoms. The molecule has 28 heavy (non-hydrogen) atoms. The molecule has 1 aromatic carbocycles. The average Bonchev–Trinajstić information content (AvgIpc) is 3.44. The van der Waals surface area contributed by atoms with Gasteiger partial charge in [-0.05, 0) is 30.0 Å². The highest BCUT2D eigenvalue weighted by Gasteiger charge is 2.11. The van der Waals surface area contributed by atoms with Crippen LogP contribution in [0.15, 0.2) is 51.4 Å². The molecule has 144 valence electrons. The number of carbonyl (C=O) groups is 1. The highest BCUT2D eigenvalue weighted by Crippen LogP contribution is 2.23. The summed E-state index contributed by atoms with van der Waals surface area (Å²) in [4.78, 5) is 17.8. The number of benzene rings is 1. The van der Waals surface area contributed by atoms with Crippen LogP contribution in [0.3, 0.4) is 0 Å². The van der Waals surface area contributed by atoms with Crippen LogP contribution >= 0.6 is 34.4 Å². The van der Waals surface area contributed by atoms with Gasteiger partial charge in [-0.3, -0.25) is 4.79 Å². The molecule has 0 atom stereocenters. The Hall–Kier alpha value is -2.23. The molecular weight excluding hydrogens is 412 g/mol. The van der Waals surface area contributed by atoms with E-state index in [-0.39, 0.29) is 11.7 Å². The van der Waals surface area contributed by atoms with Crippen molar-refractivity contribution in [1.29, 1.82) is 0 Å². The van der Waals surface area contributed by atoms with Crippen molar-refractivity contribution < 1.29 is 9.21 Å². The van der Waals surface area contributed by atoms with Crippen LogP contribution in [0.25, 0.3) is 10.2 Å². The van der Waals surface area contributed by atoms with E-state index in [4.69, 9.17) is 4.42 Å². The molecule has 4 rings (SSSR count). The number of para-hydroxylation sites is 1. The van der Waals surface area contributed by atoms with E-state index in [2.05, 4.69) is 32.6 Å². The fourth-order valence-corrected chi connectivity index (χ4v) is 4.88. The number of hydrogen-bond donors (Lipinski definition) is 1. The van der Waals surface area contributed by atoms with E-state index < -0.39 is 0 Å². The molecule has 0 saturated heterocycles. The minimum atomic E-state index is -0.0317. The molecule has 0 unspecified atom stereocenters. The summed E-state index contributed by atoms with van der Waals surface area (Å²) in [6, 6.07) is 12.2. The van der Waals surface area contributed by atoms with Gasteiger partial charge in [0, 0.05) is 24.3 Å². The van der Waals surface area contributed by atoms with E-state index >= 15 is 0 Å². The predicted octanol–water partition coefficient (Wildman–Crippen LogP) is 3.98. The lowest BCUT2D eigenvalue weighted by Crippen LogP contribution is -2.27. The number of nitrogens with zero attached hydrogens (tertiary/aromatic N) is 3. The van der Waals surface area contributed by atoms with Gasteiger partial charge in [0.2, 0.25) is 11.8 Å². The molecule has 0 bridgehead atoms. The smallest absolute Gasteiger partial charge is 0.277 e. The second kappa shape index (κ2) is 9.31. The van der Waals surface area contributed by atoms with Crippen LogP contribution in [0.2, 0.25) is 0 Å². The standard InChI is InChI=1S/C19H18N4O2S3/c24-16(20-10-9-13-4-3-11-26-13)12-27-19-23-22-17(25-19)7-8-18-21-14-5-1-2-6-15(14)28-18/h1-6,11H,7-10,12H2,(H,20,24). The van der Waals surface area contributed by atoms with Gasteiger partial charge in [0.05, 0.1) is 21.0 Å². The quantitative estimate of drug-likeness (QED) is 0.405. The summed E-state index contributed by atoms with van der Waals surface area (Å²) in [6.45, 7) is 0.636. The Morgan fingerprint density at radius 2 is 2.04 bits per heavy atom.